The third-order valence-corrected chi connectivity index (χ3v) is 6.65. The van der Waals surface area contributed by atoms with Gasteiger partial charge in [0.05, 0.1) is 25.0 Å². The summed E-state index contributed by atoms with van der Waals surface area (Å²) in [5.41, 5.74) is 0.861. The zero-order valence-electron chi connectivity index (χ0n) is 16.2. The summed E-state index contributed by atoms with van der Waals surface area (Å²) in [7, 11) is -2.15. The highest BCUT2D eigenvalue weighted by atomic mass is 32.2. The minimum Gasteiger partial charge on any atom is -0.497 e. The van der Waals surface area contributed by atoms with E-state index in [0.29, 0.717) is 40.8 Å². The first-order valence-electron chi connectivity index (χ1n) is 9.22. The monoisotopic (exact) mass is 408 g/mol. The van der Waals surface area contributed by atoms with Gasteiger partial charge < -0.3 is 4.74 Å². The lowest BCUT2D eigenvalue weighted by Crippen LogP contribution is -2.37. The van der Waals surface area contributed by atoms with Crippen LogP contribution in [-0.2, 0) is 22.9 Å². The SMILES string of the molecule is COc1ccc2c3c(n(S(C)(=O)=O)c2c1)CCC(C#N)(Cc1ccccc1)C3=O. The highest BCUT2D eigenvalue weighted by Gasteiger charge is 2.46. The lowest BCUT2D eigenvalue weighted by Gasteiger charge is -2.30. The number of carbonyl (C=O) groups excluding carboxylic acids is 1. The van der Waals surface area contributed by atoms with Crippen LogP contribution in [0.5, 0.6) is 5.75 Å². The second-order valence-corrected chi connectivity index (χ2v) is 9.25. The maximum Gasteiger partial charge on any atom is 0.236 e. The highest BCUT2D eigenvalue weighted by molar-refractivity contribution is 7.89. The summed E-state index contributed by atoms with van der Waals surface area (Å²) in [6.07, 6.45) is 2.01. The van der Waals surface area contributed by atoms with Crippen molar-refractivity contribution in [3.05, 3.63) is 65.4 Å². The maximum atomic E-state index is 13.6. The molecule has 0 spiro atoms. The normalized spacial score (nSPS) is 19.0. The molecule has 1 aromatic heterocycles. The van der Waals surface area contributed by atoms with Gasteiger partial charge in [-0.15, -0.1) is 0 Å². The molecule has 0 saturated carbocycles. The van der Waals surface area contributed by atoms with E-state index in [9.17, 15) is 18.5 Å². The summed E-state index contributed by atoms with van der Waals surface area (Å²) in [6, 6.07) is 16.7. The summed E-state index contributed by atoms with van der Waals surface area (Å²) in [5, 5.41) is 10.5. The van der Waals surface area contributed by atoms with E-state index in [1.54, 1.807) is 18.2 Å². The minimum absolute atomic E-state index is 0.271. The Hall–Kier alpha value is -3.11. The zero-order chi connectivity index (χ0) is 20.8. The van der Waals surface area contributed by atoms with Crippen LogP contribution >= 0.6 is 0 Å². The molecule has 0 saturated heterocycles. The van der Waals surface area contributed by atoms with Gasteiger partial charge in [0.15, 0.2) is 5.78 Å². The summed E-state index contributed by atoms with van der Waals surface area (Å²) in [4.78, 5) is 13.6. The minimum atomic E-state index is -3.65. The van der Waals surface area contributed by atoms with Crippen molar-refractivity contribution < 1.29 is 17.9 Å². The van der Waals surface area contributed by atoms with E-state index >= 15 is 0 Å². The number of hydrogen-bond donors (Lipinski definition) is 0. The van der Waals surface area contributed by atoms with Crippen LogP contribution in [0.25, 0.3) is 10.9 Å². The van der Waals surface area contributed by atoms with E-state index in [1.807, 2.05) is 30.3 Å². The van der Waals surface area contributed by atoms with E-state index in [-0.39, 0.29) is 12.2 Å². The third kappa shape index (κ3) is 3.00. The Morgan fingerprint density at radius 2 is 1.93 bits per heavy atom. The van der Waals surface area contributed by atoms with Gasteiger partial charge in [-0.05, 0) is 37.0 Å². The van der Waals surface area contributed by atoms with E-state index < -0.39 is 15.4 Å². The Morgan fingerprint density at radius 1 is 1.21 bits per heavy atom. The van der Waals surface area contributed by atoms with Crippen LogP contribution in [-0.4, -0.2) is 31.5 Å². The average Bonchev–Trinajstić information content (AvgIpc) is 3.05. The number of rotatable bonds is 4. The van der Waals surface area contributed by atoms with Crippen molar-refractivity contribution >= 4 is 26.7 Å². The standard InChI is InChI=1S/C22H20N2O4S/c1-28-16-8-9-17-19(12-16)24(29(2,26)27)18-10-11-22(14-23,21(25)20(17)18)13-15-6-4-3-5-7-15/h3-9,12H,10-11,13H2,1-2H3. The first kappa shape index (κ1) is 19.2. The molecule has 1 aliphatic rings. The van der Waals surface area contributed by atoms with Gasteiger partial charge in [0.1, 0.15) is 11.2 Å². The summed E-state index contributed by atoms with van der Waals surface area (Å²) < 4.78 is 31.6. The lowest BCUT2D eigenvalue weighted by molar-refractivity contribution is 0.0835. The fourth-order valence-electron chi connectivity index (χ4n) is 4.22. The highest BCUT2D eigenvalue weighted by Crippen LogP contribution is 2.43. The molecule has 3 aromatic rings. The maximum absolute atomic E-state index is 13.6. The van der Waals surface area contributed by atoms with Crippen molar-refractivity contribution in [1.82, 2.24) is 3.97 Å². The topological polar surface area (TPSA) is 89.2 Å². The number of hydrogen-bond acceptors (Lipinski definition) is 5. The first-order chi connectivity index (χ1) is 13.8. The fraction of sp³-hybridized carbons (Fsp3) is 0.273. The first-order valence-corrected chi connectivity index (χ1v) is 11.1. The molecule has 1 heterocycles. The van der Waals surface area contributed by atoms with Crippen LogP contribution < -0.4 is 4.74 Å². The molecule has 0 N–H and O–H groups in total. The summed E-state index contributed by atoms with van der Waals surface area (Å²) in [5.74, 6) is 0.184. The van der Waals surface area contributed by atoms with Crippen LogP contribution in [0.3, 0.4) is 0 Å². The van der Waals surface area contributed by atoms with E-state index in [1.165, 1.54) is 11.1 Å². The quantitative estimate of drug-likeness (QED) is 0.661. The predicted octanol–water partition coefficient (Wildman–Crippen LogP) is 3.34. The molecule has 148 valence electrons. The second kappa shape index (κ2) is 6.75. The average molecular weight is 408 g/mol. The molecular formula is C22H20N2O4S. The smallest absolute Gasteiger partial charge is 0.236 e. The predicted molar refractivity (Wildman–Crippen MR) is 110 cm³/mol. The van der Waals surface area contributed by atoms with Crippen molar-refractivity contribution in [3.8, 4) is 11.8 Å². The molecule has 29 heavy (non-hydrogen) atoms. The Labute approximate surface area is 169 Å². The number of nitrogens with zero attached hydrogens (tertiary/aromatic N) is 2. The molecule has 1 atom stereocenters. The molecule has 4 rings (SSSR count). The van der Waals surface area contributed by atoms with Crippen LogP contribution in [0.2, 0.25) is 0 Å². The molecule has 0 aliphatic heterocycles. The van der Waals surface area contributed by atoms with E-state index in [0.717, 1.165) is 11.8 Å². The largest absolute Gasteiger partial charge is 0.497 e. The van der Waals surface area contributed by atoms with Crippen LogP contribution in [0.1, 0.15) is 28.0 Å². The molecule has 0 bridgehead atoms. The Balaban J connectivity index is 1.95. The number of fused-ring (bicyclic) bond motifs is 3. The Kier molecular flexibility index (Phi) is 4.47. The molecule has 0 radical (unpaired) electrons. The van der Waals surface area contributed by atoms with Gasteiger partial charge in [-0.25, -0.2) is 12.4 Å². The third-order valence-electron chi connectivity index (χ3n) is 5.57. The van der Waals surface area contributed by atoms with Crippen molar-refractivity contribution in [2.45, 2.75) is 19.3 Å². The van der Waals surface area contributed by atoms with E-state index in [2.05, 4.69) is 6.07 Å². The summed E-state index contributed by atoms with van der Waals surface area (Å²) in [6.45, 7) is 0. The number of aromatic nitrogens is 1. The van der Waals surface area contributed by atoms with Gasteiger partial charge in [-0.3, -0.25) is 4.79 Å². The van der Waals surface area contributed by atoms with Crippen LogP contribution in [0, 0.1) is 16.7 Å². The molecule has 0 fully saturated rings. The van der Waals surface area contributed by atoms with Crippen molar-refractivity contribution in [1.29, 1.82) is 5.26 Å². The van der Waals surface area contributed by atoms with E-state index in [4.69, 9.17) is 4.74 Å². The second-order valence-electron chi connectivity index (χ2n) is 7.42. The van der Waals surface area contributed by atoms with Crippen LogP contribution in [0.4, 0.5) is 0 Å². The fourth-order valence-corrected chi connectivity index (χ4v) is 5.31. The summed E-state index contributed by atoms with van der Waals surface area (Å²) >= 11 is 0. The molecule has 7 heteroatoms. The number of methoxy groups -OCH3 is 1. The van der Waals surface area contributed by atoms with Gasteiger partial charge >= 0.3 is 0 Å². The molecule has 1 unspecified atom stereocenters. The molecule has 2 aromatic carbocycles. The van der Waals surface area contributed by atoms with Gasteiger partial charge in [-0.1, -0.05) is 30.3 Å². The van der Waals surface area contributed by atoms with Crippen molar-refractivity contribution in [2.24, 2.45) is 5.41 Å². The van der Waals surface area contributed by atoms with Gasteiger partial charge in [0.2, 0.25) is 10.0 Å². The Bertz CT molecular complexity index is 1270. The number of Topliss-reactive ketones (excluding diaryl/α,β-unsaturated/α-hetero) is 1. The van der Waals surface area contributed by atoms with Crippen molar-refractivity contribution in [2.75, 3.05) is 13.4 Å². The number of benzene rings is 2. The van der Waals surface area contributed by atoms with Gasteiger partial charge in [-0.2, -0.15) is 5.26 Å². The zero-order valence-corrected chi connectivity index (χ0v) is 17.0. The van der Waals surface area contributed by atoms with Crippen LogP contribution in [0.15, 0.2) is 48.5 Å². The lowest BCUT2D eigenvalue weighted by atomic mass is 9.69. The number of ether oxygens (including phenoxy) is 1. The molecule has 0 amide bonds. The number of nitriles is 1. The number of ketones is 1. The molecule has 6 nitrogen and oxygen atoms in total. The molecule has 1 aliphatic carbocycles. The Morgan fingerprint density at radius 3 is 2.55 bits per heavy atom. The molecular weight excluding hydrogens is 388 g/mol. The van der Waals surface area contributed by atoms with Gasteiger partial charge in [0, 0.05) is 22.7 Å². The number of carbonyl (C=O) groups is 1. The van der Waals surface area contributed by atoms with Gasteiger partial charge in [0.25, 0.3) is 0 Å². The van der Waals surface area contributed by atoms with Crippen molar-refractivity contribution in [3.63, 3.8) is 0 Å².